The smallest absolute Gasteiger partial charge is 0.343 e. The summed E-state index contributed by atoms with van der Waals surface area (Å²) in [6, 6.07) is 15.5. The minimum Gasteiger partial charge on any atom is -0.422 e. The molecule has 0 amide bonds. The van der Waals surface area contributed by atoms with E-state index in [0.29, 0.717) is 16.8 Å². The number of benzene rings is 2. The monoisotopic (exact) mass is 428 g/mol. The number of thiazole rings is 1. The molecule has 154 valence electrons. The predicted octanol–water partition coefficient (Wildman–Crippen LogP) is 5.36. The number of aromatic nitrogens is 3. The molecule has 0 aliphatic heterocycles. The fraction of sp³-hybridized carbons (Fsp3) is 0.167. The van der Waals surface area contributed by atoms with Gasteiger partial charge in [0, 0.05) is 30.2 Å². The van der Waals surface area contributed by atoms with Gasteiger partial charge in [-0.25, -0.2) is 19.7 Å². The second kappa shape index (κ2) is 7.92. The zero-order valence-electron chi connectivity index (χ0n) is 17.2. The van der Waals surface area contributed by atoms with Gasteiger partial charge in [0.1, 0.15) is 10.6 Å². The first kappa shape index (κ1) is 19.4. The first-order chi connectivity index (χ1) is 15.1. The highest BCUT2D eigenvalue weighted by Gasteiger charge is 2.09. The summed E-state index contributed by atoms with van der Waals surface area (Å²) >= 11 is 1.44. The van der Waals surface area contributed by atoms with Crippen molar-refractivity contribution in [1.82, 2.24) is 15.0 Å². The maximum absolute atomic E-state index is 12.5. The second-order valence-electron chi connectivity index (χ2n) is 7.11. The molecule has 5 aromatic rings. The Labute approximate surface area is 182 Å². The Morgan fingerprint density at radius 2 is 1.74 bits per heavy atom. The maximum atomic E-state index is 12.5. The molecule has 3 heterocycles. The van der Waals surface area contributed by atoms with Gasteiger partial charge in [0.05, 0.1) is 16.6 Å². The summed E-state index contributed by atoms with van der Waals surface area (Å²) in [6.07, 6.45) is 3.54. The minimum atomic E-state index is -0.372. The largest absolute Gasteiger partial charge is 0.422 e. The van der Waals surface area contributed by atoms with Gasteiger partial charge in [0.15, 0.2) is 10.5 Å². The third kappa shape index (κ3) is 3.68. The molecule has 0 unspecified atom stereocenters. The number of anilines is 1. The van der Waals surface area contributed by atoms with E-state index in [-0.39, 0.29) is 5.63 Å². The summed E-state index contributed by atoms with van der Waals surface area (Å²) in [4.78, 5) is 29.2. The van der Waals surface area contributed by atoms with Crippen LogP contribution < -0.4 is 10.5 Å². The van der Waals surface area contributed by atoms with Crippen LogP contribution in [0.25, 0.3) is 44.6 Å². The van der Waals surface area contributed by atoms with Crippen molar-refractivity contribution in [3.63, 3.8) is 0 Å². The van der Waals surface area contributed by atoms with Crippen LogP contribution >= 0.6 is 11.3 Å². The standard InChI is InChI=1S/C24H20N4O2S/c1-3-28(4-2)17-11-9-15-13-16(24(29)30-20(15)14-17)10-12-21-27-22-23(31-21)26-19-8-6-5-7-18(19)25-22/h5-14H,3-4H2,1-2H3/b12-10+. The molecule has 3 aromatic heterocycles. The first-order valence-electron chi connectivity index (χ1n) is 10.2. The molecule has 0 saturated heterocycles. The van der Waals surface area contributed by atoms with E-state index in [2.05, 4.69) is 39.8 Å². The van der Waals surface area contributed by atoms with Crippen LogP contribution in [0.5, 0.6) is 0 Å². The number of rotatable bonds is 5. The van der Waals surface area contributed by atoms with Crippen molar-refractivity contribution in [2.24, 2.45) is 0 Å². The van der Waals surface area contributed by atoms with E-state index >= 15 is 0 Å². The molecular weight excluding hydrogens is 408 g/mol. The van der Waals surface area contributed by atoms with Gasteiger partial charge in [0.25, 0.3) is 0 Å². The number of nitrogens with zero attached hydrogens (tertiary/aromatic N) is 4. The minimum absolute atomic E-state index is 0.372. The summed E-state index contributed by atoms with van der Waals surface area (Å²) in [7, 11) is 0. The van der Waals surface area contributed by atoms with Gasteiger partial charge in [-0.2, -0.15) is 0 Å². The normalized spacial score (nSPS) is 11.8. The van der Waals surface area contributed by atoms with Crippen molar-refractivity contribution < 1.29 is 4.42 Å². The van der Waals surface area contributed by atoms with Crippen LogP contribution in [0.3, 0.4) is 0 Å². The highest BCUT2D eigenvalue weighted by Crippen LogP contribution is 2.25. The number of para-hydroxylation sites is 2. The van der Waals surface area contributed by atoms with Crippen LogP contribution in [-0.4, -0.2) is 28.0 Å². The fourth-order valence-electron chi connectivity index (χ4n) is 3.59. The molecule has 0 aliphatic rings. The summed E-state index contributed by atoms with van der Waals surface area (Å²) in [5.41, 5.74) is 4.01. The molecule has 0 N–H and O–H groups in total. The van der Waals surface area contributed by atoms with Crippen molar-refractivity contribution in [2.45, 2.75) is 13.8 Å². The predicted molar refractivity (Wildman–Crippen MR) is 128 cm³/mol. The maximum Gasteiger partial charge on any atom is 0.343 e. The van der Waals surface area contributed by atoms with Crippen LogP contribution in [0.4, 0.5) is 5.69 Å². The van der Waals surface area contributed by atoms with Crippen LogP contribution in [0, 0.1) is 0 Å². The molecule has 0 spiro atoms. The topological polar surface area (TPSA) is 72.1 Å². The van der Waals surface area contributed by atoms with E-state index in [0.717, 1.165) is 45.0 Å². The lowest BCUT2D eigenvalue weighted by Crippen LogP contribution is -2.21. The molecule has 0 fully saturated rings. The van der Waals surface area contributed by atoms with Crippen molar-refractivity contribution in [1.29, 1.82) is 0 Å². The van der Waals surface area contributed by atoms with Crippen LogP contribution in [0.1, 0.15) is 24.4 Å². The van der Waals surface area contributed by atoms with E-state index < -0.39 is 0 Å². The van der Waals surface area contributed by atoms with Gasteiger partial charge in [-0.3, -0.25) is 0 Å². The number of fused-ring (bicyclic) bond motifs is 3. The van der Waals surface area contributed by atoms with Gasteiger partial charge >= 0.3 is 5.63 Å². The zero-order chi connectivity index (χ0) is 21.4. The lowest BCUT2D eigenvalue weighted by molar-refractivity contribution is 0.559. The SMILES string of the molecule is CCN(CC)c1ccc2cc(/C=C/c3nc4nc5ccccc5nc4s3)c(=O)oc2c1. The third-order valence-electron chi connectivity index (χ3n) is 5.22. The molecule has 2 aromatic carbocycles. The number of hydrogen-bond donors (Lipinski definition) is 0. The fourth-order valence-corrected chi connectivity index (χ4v) is 4.38. The Hall–Kier alpha value is -3.58. The molecule has 0 bridgehead atoms. The van der Waals surface area contributed by atoms with E-state index in [9.17, 15) is 4.79 Å². The molecule has 0 radical (unpaired) electrons. The molecule has 31 heavy (non-hydrogen) atoms. The molecule has 0 atom stereocenters. The van der Waals surface area contributed by atoms with Gasteiger partial charge < -0.3 is 9.32 Å². The zero-order valence-corrected chi connectivity index (χ0v) is 18.0. The molecule has 0 aliphatic carbocycles. The average Bonchev–Trinajstić information content (AvgIpc) is 3.18. The van der Waals surface area contributed by atoms with E-state index in [1.807, 2.05) is 42.5 Å². The van der Waals surface area contributed by atoms with Gasteiger partial charge in [-0.15, -0.1) is 0 Å². The third-order valence-corrected chi connectivity index (χ3v) is 6.12. The Balaban J connectivity index is 1.49. The Morgan fingerprint density at radius 1 is 0.968 bits per heavy atom. The lowest BCUT2D eigenvalue weighted by atomic mass is 10.1. The van der Waals surface area contributed by atoms with Gasteiger partial charge in [-0.1, -0.05) is 23.5 Å². The Kier molecular flexibility index (Phi) is 4.95. The average molecular weight is 429 g/mol. The van der Waals surface area contributed by atoms with Crippen molar-refractivity contribution in [3.05, 3.63) is 69.5 Å². The molecule has 5 rings (SSSR count). The van der Waals surface area contributed by atoms with Crippen molar-refractivity contribution in [3.8, 4) is 0 Å². The molecule has 6 nitrogen and oxygen atoms in total. The summed E-state index contributed by atoms with van der Waals surface area (Å²) < 4.78 is 5.60. The van der Waals surface area contributed by atoms with Crippen LogP contribution in [0.15, 0.2) is 57.7 Å². The van der Waals surface area contributed by atoms with Crippen molar-refractivity contribution in [2.75, 3.05) is 18.0 Å². The van der Waals surface area contributed by atoms with Crippen LogP contribution in [0.2, 0.25) is 0 Å². The number of hydrogen-bond acceptors (Lipinski definition) is 7. The van der Waals surface area contributed by atoms with Crippen LogP contribution in [-0.2, 0) is 0 Å². The summed E-state index contributed by atoms with van der Waals surface area (Å²) in [5.74, 6) is 0. The molecule has 0 saturated carbocycles. The quantitative estimate of drug-likeness (QED) is 0.351. The van der Waals surface area contributed by atoms with E-state index in [4.69, 9.17) is 4.42 Å². The molecular formula is C24H20N4O2S. The van der Waals surface area contributed by atoms with Crippen molar-refractivity contribution >= 4 is 61.7 Å². The highest BCUT2D eigenvalue weighted by molar-refractivity contribution is 7.18. The van der Waals surface area contributed by atoms with E-state index in [1.165, 1.54) is 11.3 Å². The molecule has 7 heteroatoms. The highest BCUT2D eigenvalue weighted by atomic mass is 32.1. The van der Waals surface area contributed by atoms with E-state index in [1.54, 1.807) is 12.2 Å². The Bertz CT molecular complexity index is 1450. The van der Waals surface area contributed by atoms with Gasteiger partial charge in [0.2, 0.25) is 0 Å². The van der Waals surface area contributed by atoms with Gasteiger partial charge in [-0.05, 0) is 56.3 Å². The summed E-state index contributed by atoms with van der Waals surface area (Å²) in [6.45, 7) is 6.00. The second-order valence-corrected chi connectivity index (χ2v) is 8.12. The first-order valence-corrected chi connectivity index (χ1v) is 11.0. The summed E-state index contributed by atoms with van der Waals surface area (Å²) in [5, 5.41) is 1.62. The lowest BCUT2D eigenvalue weighted by Gasteiger charge is -2.20. The Morgan fingerprint density at radius 3 is 2.52 bits per heavy atom.